The van der Waals surface area contributed by atoms with Gasteiger partial charge >= 0.3 is 0 Å². The van der Waals surface area contributed by atoms with E-state index in [1.54, 1.807) is 6.08 Å². The molecular weight excluding hydrogens is 420 g/mol. The summed E-state index contributed by atoms with van der Waals surface area (Å²) in [4.78, 5) is 12.7. The fourth-order valence-electron chi connectivity index (χ4n) is 3.44. The number of benzene rings is 2. The smallest absolute Gasteiger partial charge is 0.234 e. The summed E-state index contributed by atoms with van der Waals surface area (Å²) < 4.78 is 3.80. The van der Waals surface area contributed by atoms with Crippen LogP contribution in [0.3, 0.4) is 0 Å². The lowest BCUT2D eigenvalue weighted by Gasteiger charge is -2.09. The Bertz CT molecular complexity index is 1230. The van der Waals surface area contributed by atoms with E-state index in [0.29, 0.717) is 11.7 Å². The van der Waals surface area contributed by atoms with E-state index < -0.39 is 0 Å². The van der Waals surface area contributed by atoms with Crippen molar-refractivity contribution in [3.63, 3.8) is 0 Å². The summed E-state index contributed by atoms with van der Waals surface area (Å²) in [7, 11) is 0. The lowest BCUT2D eigenvalue weighted by Crippen LogP contribution is -2.16. The van der Waals surface area contributed by atoms with E-state index in [1.807, 2.05) is 83.8 Å². The lowest BCUT2D eigenvalue weighted by atomic mass is 10.2. The van der Waals surface area contributed by atoms with Crippen molar-refractivity contribution in [1.82, 2.24) is 24.5 Å². The van der Waals surface area contributed by atoms with Crippen molar-refractivity contribution in [2.24, 2.45) is 0 Å². The number of aryl methyl sites for hydroxylation is 1. The molecule has 7 nitrogen and oxygen atoms in total. The largest absolute Gasteiger partial charge is 0.322 e. The van der Waals surface area contributed by atoms with Gasteiger partial charge in [-0.2, -0.15) is 5.10 Å². The molecule has 0 saturated heterocycles. The molecule has 2 aromatic heterocycles. The number of amides is 1. The van der Waals surface area contributed by atoms with Gasteiger partial charge in [-0.15, -0.1) is 16.8 Å². The van der Waals surface area contributed by atoms with Crippen LogP contribution in [0.1, 0.15) is 11.4 Å². The molecule has 0 spiro atoms. The van der Waals surface area contributed by atoms with Crippen LogP contribution in [0.15, 0.2) is 78.5 Å². The first-order chi connectivity index (χ1) is 15.6. The molecule has 2 aromatic carbocycles. The number of allylic oxidation sites excluding steroid dienone is 1. The summed E-state index contributed by atoms with van der Waals surface area (Å²) in [6, 6.07) is 19.7. The van der Waals surface area contributed by atoms with Crippen molar-refractivity contribution < 1.29 is 4.79 Å². The van der Waals surface area contributed by atoms with Gasteiger partial charge in [0, 0.05) is 12.1 Å². The maximum absolute atomic E-state index is 12.7. The van der Waals surface area contributed by atoms with E-state index in [4.69, 9.17) is 0 Å². The Kier molecular flexibility index (Phi) is 6.51. The molecule has 0 aliphatic heterocycles. The molecule has 0 bridgehead atoms. The molecule has 32 heavy (non-hydrogen) atoms. The van der Waals surface area contributed by atoms with Gasteiger partial charge in [-0.25, -0.2) is 4.68 Å². The number of rotatable bonds is 8. The second kappa shape index (κ2) is 9.65. The van der Waals surface area contributed by atoms with Crippen molar-refractivity contribution in [1.29, 1.82) is 0 Å². The third-order valence-corrected chi connectivity index (χ3v) is 5.92. The Hall–Kier alpha value is -3.65. The summed E-state index contributed by atoms with van der Waals surface area (Å²) in [6.07, 6.45) is 1.80. The van der Waals surface area contributed by atoms with Gasteiger partial charge in [0.1, 0.15) is 0 Å². The van der Waals surface area contributed by atoms with Crippen LogP contribution in [0.5, 0.6) is 0 Å². The maximum Gasteiger partial charge on any atom is 0.234 e. The monoisotopic (exact) mass is 444 g/mol. The first kappa shape index (κ1) is 21.6. The van der Waals surface area contributed by atoms with Crippen LogP contribution >= 0.6 is 11.8 Å². The SMILES string of the molecule is C=CCn1c(SCC(=O)Nc2c(C)nn(-c3ccccc3)c2C)nnc1-c1ccccc1. The first-order valence-corrected chi connectivity index (χ1v) is 11.2. The lowest BCUT2D eigenvalue weighted by molar-refractivity contribution is -0.113. The summed E-state index contributed by atoms with van der Waals surface area (Å²) in [5, 5.41) is 16.9. The van der Waals surface area contributed by atoms with Crippen LogP contribution in [-0.4, -0.2) is 36.2 Å². The van der Waals surface area contributed by atoms with E-state index in [9.17, 15) is 4.79 Å². The molecule has 0 atom stereocenters. The van der Waals surface area contributed by atoms with Gasteiger partial charge in [-0.1, -0.05) is 66.4 Å². The summed E-state index contributed by atoms with van der Waals surface area (Å²) >= 11 is 1.35. The van der Waals surface area contributed by atoms with E-state index in [-0.39, 0.29) is 11.7 Å². The second-order valence-electron chi connectivity index (χ2n) is 7.20. The van der Waals surface area contributed by atoms with Gasteiger partial charge < -0.3 is 5.32 Å². The summed E-state index contributed by atoms with van der Waals surface area (Å²) in [5.74, 6) is 0.840. The van der Waals surface area contributed by atoms with Crippen molar-refractivity contribution >= 4 is 23.4 Å². The van der Waals surface area contributed by atoms with E-state index in [2.05, 4.69) is 27.2 Å². The average Bonchev–Trinajstić information content (AvgIpc) is 3.35. The number of aromatic nitrogens is 5. The fraction of sp³-hybridized carbons (Fsp3) is 0.167. The molecular formula is C24H24N6OS. The van der Waals surface area contributed by atoms with E-state index in [0.717, 1.165) is 34.2 Å². The number of hydrogen-bond acceptors (Lipinski definition) is 5. The number of para-hydroxylation sites is 1. The van der Waals surface area contributed by atoms with Gasteiger partial charge in [-0.3, -0.25) is 9.36 Å². The van der Waals surface area contributed by atoms with Crippen LogP contribution in [0.25, 0.3) is 17.1 Å². The topological polar surface area (TPSA) is 77.6 Å². The maximum atomic E-state index is 12.7. The highest BCUT2D eigenvalue weighted by atomic mass is 32.2. The Labute approximate surface area is 191 Å². The Morgan fingerprint density at radius 2 is 1.75 bits per heavy atom. The van der Waals surface area contributed by atoms with Gasteiger partial charge in [0.05, 0.1) is 28.5 Å². The average molecular weight is 445 g/mol. The highest BCUT2D eigenvalue weighted by Gasteiger charge is 2.18. The second-order valence-corrected chi connectivity index (χ2v) is 8.14. The number of hydrogen-bond donors (Lipinski definition) is 1. The molecule has 1 amide bonds. The standard InChI is InChI=1S/C24H24N6OS/c1-4-15-29-23(19-11-7-5-8-12-19)26-27-24(29)32-16-21(31)25-22-17(2)28-30(18(22)3)20-13-9-6-10-14-20/h4-14H,1,15-16H2,2-3H3,(H,25,31). The zero-order valence-electron chi connectivity index (χ0n) is 18.0. The van der Waals surface area contributed by atoms with Crippen LogP contribution < -0.4 is 5.32 Å². The zero-order valence-corrected chi connectivity index (χ0v) is 18.8. The molecule has 0 fully saturated rings. The number of carbonyl (C=O) groups excluding carboxylic acids is 1. The Morgan fingerprint density at radius 3 is 2.44 bits per heavy atom. The molecule has 0 aliphatic carbocycles. The molecule has 1 N–H and O–H groups in total. The number of anilines is 1. The predicted molar refractivity (Wildman–Crippen MR) is 128 cm³/mol. The van der Waals surface area contributed by atoms with Gasteiger partial charge in [0.15, 0.2) is 11.0 Å². The molecule has 4 aromatic rings. The molecule has 8 heteroatoms. The van der Waals surface area contributed by atoms with E-state index >= 15 is 0 Å². The van der Waals surface area contributed by atoms with E-state index in [1.165, 1.54) is 11.8 Å². The van der Waals surface area contributed by atoms with Crippen LogP contribution in [0.4, 0.5) is 5.69 Å². The quantitative estimate of drug-likeness (QED) is 0.316. The van der Waals surface area contributed by atoms with Crippen molar-refractivity contribution in [3.05, 3.63) is 84.7 Å². The zero-order chi connectivity index (χ0) is 22.5. The van der Waals surface area contributed by atoms with Gasteiger partial charge in [0.25, 0.3) is 0 Å². The molecule has 162 valence electrons. The van der Waals surface area contributed by atoms with Gasteiger partial charge in [-0.05, 0) is 26.0 Å². The molecule has 0 unspecified atom stereocenters. The minimum atomic E-state index is -0.122. The Morgan fingerprint density at radius 1 is 1.06 bits per heavy atom. The van der Waals surface area contributed by atoms with Crippen molar-refractivity contribution in [3.8, 4) is 17.1 Å². The highest BCUT2D eigenvalue weighted by Crippen LogP contribution is 2.26. The molecule has 0 aliphatic rings. The third-order valence-electron chi connectivity index (χ3n) is 4.95. The number of thioether (sulfide) groups is 1. The van der Waals surface area contributed by atoms with Crippen molar-refractivity contribution in [2.75, 3.05) is 11.1 Å². The number of nitrogens with zero attached hydrogens (tertiary/aromatic N) is 5. The third kappa shape index (κ3) is 4.50. The normalized spacial score (nSPS) is 10.8. The van der Waals surface area contributed by atoms with Crippen LogP contribution in [0, 0.1) is 13.8 Å². The molecule has 4 rings (SSSR count). The molecule has 0 radical (unpaired) electrons. The first-order valence-electron chi connectivity index (χ1n) is 10.2. The highest BCUT2D eigenvalue weighted by molar-refractivity contribution is 7.99. The van der Waals surface area contributed by atoms with Crippen molar-refractivity contribution in [2.45, 2.75) is 25.5 Å². The minimum Gasteiger partial charge on any atom is -0.322 e. The molecule has 0 saturated carbocycles. The fourth-order valence-corrected chi connectivity index (χ4v) is 4.19. The molecule has 2 heterocycles. The number of carbonyl (C=O) groups is 1. The minimum absolute atomic E-state index is 0.122. The van der Waals surface area contributed by atoms with Gasteiger partial charge in [0.2, 0.25) is 5.91 Å². The summed E-state index contributed by atoms with van der Waals surface area (Å²) in [5.41, 5.74) is 4.31. The summed E-state index contributed by atoms with van der Waals surface area (Å²) in [6.45, 7) is 8.23. The number of nitrogens with one attached hydrogen (secondary N) is 1. The van der Waals surface area contributed by atoms with Crippen LogP contribution in [-0.2, 0) is 11.3 Å². The Balaban J connectivity index is 1.48. The predicted octanol–water partition coefficient (Wildman–Crippen LogP) is 4.66. The van der Waals surface area contributed by atoms with Crippen LogP contribution in [0.2, 0.25) is 0 Å².